The van der Waals surface area contributed by atoms with Crippen molar-refractivity contribution in [2.75, 3.05) is 6.54 Å². The Morgan fingerprint density at radius 3 is 2.25 bits per heavy atom. The highest BCUT2D eigenvalue weighted by Crippen LogP contribution is 2.37. The molecule has 0 aliphatic carbocycles. The number of aryl methyl sites for hydroxylation is 1. The standard InChI is InChI=1S/C26H31F2N3O6S3/c1-16(30-38(33)26(2,3)4)20-13-25(32)31(5)15-22(20)21-12-17(10-11-29-39(34)35)23(28)14-24(21)40(36,37)19-8-6-18(27)7-9-19/h6-9,12-16,29-30H,10-11H2,1-5H3,(H,34,35)/p-1/t16-,38-/m0/s1. The average molecular weight is 615 g/mol. The first-order chi connectivity index (χ1) is 18.5. The molecule has 0 aliphatic heterocycles. The van der Waals surface area contributed by atoms with Crippen LogP contribution < -0.4 is 15.0 Å². The molecular weight excluding hydrogens is 584 g/mol. The van der Waals surface area contributed by atoms with Crippen LogP contribution in [0.5, 0.6) is 0 Å². The van der Waals surface area contributed by atoms with E-state index < -0.39 is 65.0 Å². The molecule has 9 nitrogen and oxygen atoms in total. The quantitative estimate of drug-likeness (QED) is 0.266. The van der Waals surface area contributed by atoms with Gasteiger partial charge in [0, 0.05) is 54.3 Å². The largest absolute Gasteiger partial charge is 0.760 e. The van der Waals surface area contributed by atoms with Gasteiger partial charge >= 0.3 is 0 Å². The molecule has 0 saturated carbocycles. The summed E-state index contributed by atoms with van der Waals surface area (Å²) < 4.78 is 96.6. The van der Waals surface area contributed by atoms with Gasteiger partial charge in [0.1, 0.15) is 11.6 Å². The zero-order valence-electron chi connectivity index (χ0n) is 22.5. The van der Waals surface area contributed by atoms with Gasteiger partial charge in [-0.25, -0.2) is 30.9 Å². The van der Waals surface area contributed by atoms with E-state index in [2.05, 4.69) is 9.44 Å². The summed E-state index contributed by atoms with van der Waals surface area (Å²) >= 11 is -2.59. The Hall–Kier alpha value is -2.62. The summed E-state index contributed by atoms with van der Waals surface area (Å²) in [4.78, 5) is 11.9. The Morgan fingerprint density at radius 2 is 1.68 bits per heavy atom. The van der Waals surface area contributed by atoms with Gasteiger partial charge in [-0.1, -0.05) is 0 Å². The highest BCUT2D eigenvalue weighted by Gasteiger charge is 2.28. The fourth-order valence-electron chi connectivity index (χ4n) is 3.86. The molecule has 0 spiro atoms. The van der Waals surface area contributed by atoms with Crippen molar-refractivity contribution in [2.45, 2.75) is 54.7 Å². The summed E-state index contributed by atoms with van der Waals surface area (Å²) in [6.45, 7) is 6.79. The zero-order valence-corrected chi connectivity index (χ0v) is 24.9. The zero-order chi connectivity index (χ0) is 30.0. The Bertz CT molecular complexity index is 1620. The SMILES string of the molecule is C[C@H](N[S@@](=O)C(C)(C)C)c1cc(=O)n(C)cc1-c1cc(CCNS(=O)[O-])c(F)cc1S(=O)(=O)c1ccc(F)cc1. The number of hydrogen-bond donors (Lipinski definition) is 2. The lowest BCUT2D eigenvalue weighted by molar-refractivity contribution is 0.522. The number of pyridine rings is 1. The third-order valence-corrected chi connectivity index (χ3v) is 9.96. The van der Waals surface area contributed by atoms with Crippen LogP contribution in [-0.2, 0) is 45.6 Å². The topological polar surface area (TPSA) is 137 Å². The van der Waals surface area contributed by atoms with E-state index >= 15 is 4.39 Å². The maximum atomic E-state index is 15.3. The van der Waals surface area contributed by atoms with E-state index in [4.69, 9.17) is 0 Å². The number of nitrogens with one attached hydrogen (secondary N) is 2. The fourth-order valence-corrected chi connectivity index (χ4v) is 6.40. The first kappa shape index (κ1) is 31.9. The second-order valence-electron chi connectivity index (χ2n) is 10.1. The van der Waals surface area contributed by atoms with Crippen LogP contribution in [0.15, 0.2) is 63.2 Å². The Balaban J connectivity index is 2.31. The molecule has 218 valence electrons. The van der Waals surface area contributed by atoms with Gasteiger partial charge < -0.3 is 9.12 Å². The molecule has 1 unspecified atom stereocenters. The van der Waals surface area contributed by atoms with Crippen molar-refractivity contribution in [1.29, 1.82) is 0 Å². The van der Waals surface area contributed by atoms with Crippen LogP contribution in [0.2, 0.25) is 0 Å². The lowest BCUT2D eigenvalue weighted by Crippen LogP contribution is -2.35. The Morgan fingerprint density at radius 1 is 1.05 bits per heavy atom. The Labute approximate surface area is 236 Å². The molecule has 3 rings (SSSR count). The van der Waals surface area contributed by atoms with Crippen LogP contribution in [0.4, 0.5) is 8.78 Å². The number of sulfone groups is 1. The van der Waals surface area contributed by atoms with Crippen LogP contribution in [-0.4, -0.2) is 37.2 Å². The van der Waals surface area contributed by atoms with E-state index in [9.17, 15) is 30.6 Å². The third kappa shape index (κ3) is 7.36. The molecule has 40 heavy (non-hydrogen) atoms. The van der Waals surface area contributed by atoms with Gasteiger partial charge in [-0.05, 0) is 81.6 Å². The van der Waals surface area contributed by atoms with Crippen molar-refractivity contribution in [1.82, 2.24) is 14.0 Å². The van der Waals surface area contributed by atoms with Crippen LogP contribution in [0.3, 0.4) is 0 Å². The second-order valence-corrected chi connectivity index (χ2v) is 14.8. The van der Waals surface area contributed by atoms with Crippen molar-refractivity contribution in [2.24, 2.45) is 7.05 Å². The summed E-state index contributed by atoms with van der Waals surface area (Å²) in [6, 6.07) is 6.76. The first-order valence-electron chi connectivity index (χ1n) is 12.1. The van der Waals surface area contributed by atoms with Gasteiger partial charge in [0.25, 0.3) is 5.56 Å². The molecular formula is C26H30F2N3O6S3-. The van der Waals surface area contributed by atoms with Gasteiger partial charge in [-0.15, -0.1) is 0 Å². The molecule has 2 aromatic carbocycles. The van der Waals surface area contributed by atoms with Gasteiger partial charge in [0.2, 0.25) is 9.84 Å². The van der Waals surface area contributed by atoms with E-state index in [0.717, 1.165) is 30.3 Å². The van der Waals surface area contributed by atoms with Crippen LogP contribution in [0.25, 0.3) is 11.1 Å². The van der Waals surface area contributed by atoms with Gasteiger partial charge in [-0.3, -0.25) is 9.00 Å². The molecule has 0 saturated heterocycles. The molecule has 1 heterocycles. The normalized spacial score (nSPS) is 14.6. The number of aromatic nitrogens is 1. The highest BCUT2D eigenvalue weighted by molar-refractivity contribution is 7.91. The summed E-state index contributed by atoms with van der Waals surface area (Å²) in [5, 5.41) is 0. The number of hydrogen-bond acceptors (Lipinski definition) is 6. The summed E-state index contributed by atoms with van der Waals surface area (Å²) in [6.07, 6.45) is 1.30. The van der Waals surface area contributed by atoms with Gasteiger partial charge in [-0.2, -0.15) is 0 Å². The van der Waals surface area contributed by atoms with Crippen molar-refractivity contribution in [3.05, 3.63) is 81.8 Å². The van der Waals surface area contributed by atoms with E-state index in [-0.39, 0.29) is 34.6 Å². The lowest BCUT2D eigenvalue weighted by atomic mass is 9.95. The minimum atomic E-state index is -4.41. The summed E-state index contributed by atoms with van der Waals surface area (Å²) in [7, 11) is -4.50. The lowest BCUT2D eigenvalue weighted by Gasteiger charge is -2.24. The third-order valence-electron chi connectivity index (χ3n) is 6.03. The van der Waals surface area contributed by atoms with Crippen LogP contribution in [0, 0.1) is 11.6 Å². The number of benzene rings is 2. The molecule has 1 aromatic heterocycles. The van der Waals surface area contributed by atoms with Crippen molar-refractivity contribution < 1.29 is 30.2 Å². The molecule has 3 atom stereocenters. The van der Waals surface area contributed by atoms with Crippen molar-refractivity contribution in [3.8, 4) is 11.1 Å². The van der Waals surface area contributed by atoms with Crippen LogP contribution >= 0.6 is 0 Å². The van der Waals surface area contributed by atoms with E-state index in [0.29, 0.717) is 5.56 Å². The molecule has 0 bridgehead atoms. The highest BCUT2D eigenvalue weighted by atomic mass is 32.2. The number of rotatable bonds is 10. The molecule has 0 radical (unpaired) electrons. The predicted molar refractivity (Wildman–Crippen MR) is 149 cm³/mol. The van der Waals surface area contributed by atoms with E-state index in [1.54, 1.807) is 27.7 Å². The molecule has 0 fully saturated rings. The fraction of sp³-hybridized carbons (Fsp3) is 0.346. The maximum absolute atomic E-state index is 15.3. The smallest absolute Gasteiger partial charge is 0.250 e. The van der Waals surface area contributed by atoms with E-state index in [1.807, 2.05) is 0 Å². The van der Waals surface area contributed by atoms with Crippen LogP contribution in [0.1, 0.15) is 44.9 Å². The number of nitrogens with zero attached hydrogens (tertiary/aromatic N) is 1. The second kappa shape index (κ2) is 12.5. The number of halogens is 2. The van der Waals surface area contributed by atoms with Gasteiger partial charge in [0.05, 0.1) is 25.5 Å². The summed E-state index contributed by atoms with van der Waals surface area (Å²) in [5.74, 6) is -1.55. The van der Waals surface area contributed by atoms with Crippen molar-refractivity contribution in [3.63, 3.8) is 0 Å². The molecule has 3 aromatic rings. The minimum absolute atomic E-state index is 0.0182. The minimum Gasteiger partial charge on any atom is -0.760 e. The first-order valence-corrected chi connectivity index (χ1v) is 15.8. The molecule has 14 heteroatoms. The average Bonchev–Trinajstić information content (AvgIpc) is 2.85. The summed E-state index contributed by atoms with van der Waals surface area (Å²) in [5.41, 5.74) is 0.193. The van der Waals surface area contributed by atoms with E-state index in [1.165, 1.54) is 29.9 Å². The predicted octanol–water partition coefficient (Wildman–Crippen LogP) is 3.20. The Kier molecular flexibility index (Phi) is 9.96. The molecule has 0 amide bonds. The maximum Gasteiger partial charge on any atom is 0.250 e. The van der Waals surface area contributed by atoms with Crippen molar-refractivity contribution >= 4 is 32.1 Å². The molecule has 2 N–H and O–H groups in total. The van der Waals surface area contributed by atoms with Gasteiger partial charge in [0.15, 0.2) is 0 Å². The molecule has 0 aliphatic rings. The monoisotopic (exact) mass is 614 g/mol.